The monoisotopic (exact) mass is 388 g/mol. The van der Waals surface area contributed by atoms with Gasteiger partial charge in [-0.15, -0.1) is 0 Å². The molecule has 0 saturated heterocycles. The van der Waals surface area contributed by atoms with Crippen molar-refractivity contribution < 1.29 is 13.9 Å². The first-order valence-corrected chi connectivity index (χ1v) is 9.63. The molecule has 2 aromatic rings. The van der Waals surface area contributed by atoms with Gasteiger partial charge in [0.25, 0.3) is 6.02 Å². The highest BCUT2D eigenvalue weighted by Crippen LogP contribution is 2.46. The summed E-state index contributed by atoms with van der Waals surface area (Å²) in [6.07, 6.45) is 4.01. The van der Waals surface area contributed by atoms with Crippen LogP contribution in [-0.4, -0.2) is 18.7 Å². The van der Waals surface area contributed by atoms with E-state index in [0.717, 1.165) is 48.1 Å². The van der Waals surface area contributed by atoms with E-state index >= 15 is 0 Å². The first-order valence-electron chi connectivity index (χ1n) is 9.25. The van der Waals surface area contributed by atoms with Gasteiger partial charge in [-0.3, -0.25) is 0 Å². The minimum Gasteiger partial charge on any atom is -0.490 e. The average molecular weight is 389 g/mol. The molecule has 6 heteroatoms. The van der Waals surface area contributed by atoms with Gasteiger partial charge < -0.3 is 15.2 Å². The maximum atomic E-state index is 13.5. The molecule has 4 nitrogen and oxygen atoms in total. The molecule has 2 heterocycles. The topological polar surface area (TPSA) is 56.8 Å². The van der Waals surface area contributed by atoms with Crippen molar-refractivity contribution in [1.29, 1.82) is 0 Å². The molecule has 4 rings (SSSR count). The van der Waals surface area contributed by atoms with E-state index in [9.17, 15) is 4.39 Å². The van der Waals surface area contributed by atoms with Crippen LogP contribution < -0.4 is 10.5 Å². The van der Waals surface area contributed by atoms with E-state index in [2.05, 4.69) is 11.9 Å². The Morgan fingerprint density at radius 2 is 2.04 bits per heavy atom. The second-order valence-corrected chi connectivity index (χ2v) is 7.60. The Morgan fingerprint density at radius 1 is 1.26 bits per heavy atom. The zero-order valence-electron chi connectivity index (χ0n) is 15.2. The maximum absolute atomic E-state index is 13.5. The Morgan fingerprint density at radius 3 is 2.74 bits per heavy atom. The molecule has 2 aromatic carbocycles. The van der Waals surface area contributed by atoms with E-state index < -0.39 is 11.4 Å². The predicted molar refractivity (Wildman–Crippen MR) is 105 cm³/mol. The van der Waals surface area contributed by atoms with E-state index in [-0.39, 0.29) is 17.1 Å². The van der Waals surface area contributed by atoms with Crippen molar-refractivity contribution in [3.63, 3.8) is 0 Å². The lowest BCUT2D eigenvalue weighted by Gasteiger charge is -2.37. The van der Waals surface area contributed by atoms with Crippen molar-refractivity contribution in [1.82, 2.24) is 0 Å². The summed E-state index contributed by atoms with van der Waals surface area (Å²) in [6.45, 7) is 2.58. The number of fused-ring (bicyclic) bond motifs is 2. The lowest BCUT2D eigenvalue weighted by atomic mass is 9.81. The molecule has 0 saturated carbocycles. The Kier molecular flexibility index (Phi) is 4.72. The lowest BCUT2D eigenvalue weighted by Crippen LogP contribution is -2.38. The highest BCUT2D eigenvalue weighted by molar-refractivity contribution is 6.31. The van der Waals surface area contributed by atoms with Crippen LogP contribution in [0, 0.1) is 5.82 Å². The zero-order valence-corrected chi connectivity index (χ0v) is 15.9. The summed E-state index contributed by atoms with van der Waals surface area (Å²) in [5.74, 6) is 0.375. The van der Waals surface area contributed by atoms with Crippen LogP contribution >= 0.6 is 11.6 Å². The number of amidine groups is 1. The fourth-order valence-electron chi connectivity index (χ4n) is 3.86. The maximum Gasteiger partial charge on any atom is 0.283 e. The third-order valence-electron chi connectivity index (χ3n) is 5.26. The Balaban J connectivity index is 1.76. The molecule has 27 heavy (non-hydrogen) atoms. The molecule has 0 aliphatic carbocycles. The molecule has 0 fully saturated rings. The van der Waals surface area contributed by atoms with Crippen LogP contribution in [0.5, 0.6) is 5.75 Å². The number of nitrogens with zero attached hydrogens (tertiary/aromatic N) is 1. The summed E-state index contributed by atoms with van der Waals surface area (Å²) in [5, 5.41) is 0.0993. The SMILES string of the molecule is CCCC[C@H]1CC2(COC(N)=N2)c2cc(-c3ccc(F)c(Cl)c3)ccc2O1. The number of halogens is 2. The van der Waals surface area contributed by atoms with E-state index in [1.165, 1.54) is 6.07 Å². The van der Waals surface area contributed by atoms with Crippen LogP contribution in [0.25, 0.3) is 11.1 Å². The second-order valence-electron chi connectivity index (χ2n) is 7.20. The summed E-state index contributed by atoms with van der Waals surface area (Å²) < 4.78 is 25.3. The molecule has 0 aromatic heterocycles. The van der Waals surface area contributed by atoms with Crippen molar-refractivity contribution in [2.75, 3.05) is 6.61 Å². The van der Waals surface area contributed by atoms with E-state index in [0.29, 0.717) is 6.61 Å². The van der Waals surface area contributed by atoms with Gasteiger partial charge in [0.15, 0.2) is 0 Å². The molecular weight excluding hydrogens is 367 g/mol. The van der Waals surface area contributed by atoms with Gasteiger partial charge in [-0.05, 0) is 41.8 Å². The summed E-state index contributed by atoms with van der Waals surface area (Å²) >= 11 is 5.96. The van der Waals surface area contributed by atoms with E-state index in [4.69, 9.17) is 26.8 Å². The Bertz CT molecular complexity index is 902. The fraction of sp³-hybridized carbons (Fsp3) is 0.381. The Labute approximate surface area is 163 Å². The Hall–Kier alpha value is -2.27. The van der Waals surface area contributed by atoms with Crippen LogP contribution in [0.1, 0.15) is 38.2 Å². The number of ether oxygens (including phenoxy) is 2. The first kappa shape index (κ1) is 18.1. The van der Waals surface area contributed by atoms with Gasteiger partial charge in [0, 0.05) is 12.0 Å². The number of hydrogen-bond acceptors (Lipinski definition) is 4. The minimum absolute atomic E-state index is 0.0850. The number of hydrogen-bond donors (Lipinski definition) is 1. The molecule has 1 spiro atoms. The van der Waals surface area contributed by atoms with Crippen LogP contribution in [0.2, 0.25) is 5.02 Å². The molecular formula is C21H22ClFN2O2. The first-order chi connectivity index (χ1) is 13.0. The average Bonchev–Trinajstić information content (AvgIpc) is 3.03. The van der Waals surface area contributed by atoms with E-state index in [1.54, 1.807) is 12.1 Å². The lowest BCUT2D eigenvalue weighted by molar-refractivity contribution is 0.0988. The molecule has 0 radical (unpaired) electrons. The van der Waals surface area contributed by atoms with Crippen molar-refractivity contribution in [2.45, 2.75) is 44.2 Å². The molecule has 0 amide bonds. The summed E-state index contributed by atoms with van der Waals surface area (Å²) in [5.41, 5.74) is 8.04. The highest BCUT2D eigenvalue weighted by atomic mass is 35.5. The van der Waals surface area contributed by atoms with Gasteiger partial charge in [-0.2, -0.15) is 0 Å². The highest BCUT2D eigenvalue weighted by Gasteiger charge is 2.46. The second kappa shape index (κ2) is 7.04. The largest absolute Gasteiger partial charge is 0.490 e. The normalized spacial score (nSPS) is 23.5. The van der Waals surface area contributed by atoms with E-state index in [1.807, 2.05) is 18.2 Å². The predicted octanol–water partition coefficient (Wildman–Crippen LogP) is 5.03. The van der Waals surface area contributed by atoms with Gasteiger partial charge in [0.05, 0.1) is 5.02 Å². The number of benzene rings is 2. The number of rotatable bonds is 4. The zero-order chi connectivity index (χ0) is 19.0. The van der Waals surface area contributed by atoms with Crippen molar-refractivity contribution in [3.05, 3.63) is 52.8 Å². The summed E-state index contributed by atoms with van der Waals surface area (Å²) in [7, 11) is 0. The van der Waals surface area contributed by atoms with Gasteiger partial charge in [-0.1, -0.05) is 43.5 Å². The fourth-order valence-corrected chi connectivity index (χ4v) is 4.04. The van der Waals surface area contributed by atoms with Crippen molar-refractivity contribution in [2.24, 2.45) is 10.7 Å². The van der Waals surface area contributed by atoms with Crippen molar-refractivity contribution >= 4 is 17.6 Å². The smallest absolute Gasteiger partial charge is 0.283 e. The van der Waals surface area contributed by atoms with Crippen LogP contribution in [-0.2, 0) is 10.3 Å². The van der Waals surface area contributed by atoms with Crippen molar-refractivity contribution in [3.8, 4) is 16.9 Å². The van der Waals surface area contributed by atoms with Crippen LogP contribution in [0.4, 0.5) is 4.39 Å². The molecule has 2 aliphatic heterocycles. The number of nitrogens with two attached hydrogens (primary N) is 1. The van der Waals surface area contributed by atoms with Gasteiger partial charge in [-0.25, -0.2) is 9.38 Å². The van der Waals surface area contributed by atoms with Gasteiger partial charge in [0.1, 0.15) is 29.8 Å². The standard InChI is InChI=1S/C21H22ClFN2O2/c1-2-3-4-15-11-21(12-26-20(24)25-21)16-9-13(6-8-19(16)27-15)14-5-7-18(23)17(22)10-14/h5-10,15H,2-4,11-12H2,1H3,(H2,24,25)/t15-,21?/m0/s1. The summed E-state index contributed by atoms with van der Waals surface area (Å²) in [6, 6.07) is 10.9. The third-order valence-corrected chi connectivity index (χ3v) is 5.55. The number of aliphatic imine (C=N–C) groups is 1. The summed E-state index contributed by atoms with van der Waals surface area (Å²) in [4.78, 5) is 4.65. The minimum atomic E-state index is -0.532. The quantitative estimate of drug-likeness (QED) is 0.799. The number of unbranched alkanes of at least 4 members (excludes halogenated alkanes) is 1. The molecule has 2 atom stereocenters. The molecule has 142 valence electrons. The van der Waals surface area contributed by atoms with Crippen LogP contribution in [0.3, 0.4) is 0 Å². The van der Waals surface area contributed by atoms with Crippen LogP contribution in [0.15, 0.2) is 41.4 Å². The molecule has 0 bridgehead atoms. The molecule has 1 unspecified atom stereocenters. The van der Waals surface area contributed by atoms with Gasteiger partial charge >= 0.3 is 0 Å². The molecule has 2 aliphatic rings. The molecule has 2 N–H and O–H groups in total. The third kappa shape index (κ3) is 3.36. The van der Waals surface area contributed by atoms with Gasteiger partial charge in [0.2, 0.25) is 0 Å².